The zero-order valence-electron chi connectivity index (χ0n) is 18.2. The normalized spacial score (nSPS) is 14.7. The highest BCUT2D eigenvalue weighted by molar-refractivity contribution is 6.04. The minimum atomic E-state index is -0.163. The molecular formula is C24H28N4O3. The number of aromatic nitrogens is 2. The lowest BCUT2D eigenvalue weighted by atomic mass is 10.1. The van der Waals surface area contributed by atoms with Crippen LogP contribution in [0, 0.1) is 0 Å². The van der Waals surface area contributed by atoms with E-state index < -0.39 is 0 Å². The molecule has 2 aromatic carbocycles. The molecule has 1 amide bonds. The summed E-state index contributed by atoms with van der Waals surface area (Å²) in [5.41, 5.74) is 1.30. The molecule has 7 heteroatoms. The summed E-state index contributed by atoms with van der Waals surface area (Å²) in [6.07, 6.45) is 0.861. The fourth-order valence-electron chi connectivity index (χ4n) is 4.04. The number of ether oxygens (including phenoxy) is 1. The van der Waals surface area contributed by atoms with Gasteiger partial charge in [0.05, 0.1) is 18.5 Å². The molecule has 1 aromatic heterocycles. The van der Waals surface area contributed by atoms with Crippen molar-refractivity contribution in [2.24, 2.45) is 0 Å². The lowest BCUT2D eigenvalue weighted by Crippen LogP contribution is -2.37. The monoisotopic (exact) mass is 420 g/mol. The Hall–Kier alpha value is -3.35. The van der Waals surface area contributed by atoms with Crippen LogP contribution in [0.4, 0.5) is 5.69 Å². The number of hydrogen-bond donors (Lipinski definition) is 0. The molecule has 7 nitrogen and oxygen atoms in total. The standard InChI is InChI=1S/C24H28N4O3/c1-17(2)28-23(29)21-8-5-4-7-20(21)22(25-28)24(30)27-14-6-13-26(15-16-27)18-9-11-19(31-3)12-10-18/h4-5,7-12,17H,6,13-16H2,1-3H3. The van der Waals surface area contributed by atoms with Gasteiger partial charge < -0.3 is 14.5 Å². The number of benzene rings is 2. The maximum Gasteiger partial charge on any atom is 0.275 e. The van der Waals surface area contributed by atoms with Crippen molar-refractivity contribution in [1.82, 2.24) is 14.7 Å². The van der Waals surface area contributed by atoms with E-state index in [9.17, 15) is 9.59 Å². The van der Waals surface area contributed by atoms with E-state index in [2.05, 4.69) is 10.00 Å². The van der Waals surface area contributed by atoms with Crippen LogP contribution >= 0.6 is 0 Å². The molecule has 1 saturated heterocycles. The number of amides is 1. The van der Waals surface area contributed by atoms with E-state index in [1.807, 2.05) is 61.2 Å². The molecule has 0 spiro atoms. The summed E-state index contributed by atoms with van der Waals surface area (Å²) < 4.78 is 6.66. The number of hydrogen-bond acceptors (Lipinski definition) is 5. The minimum absolute atomic E-state index is 0.123. The van der Waals surface area contributed by atoms with Crippen LogP contribution in [0.1, 0.15) is 36.8 Å². The predicted octanol–water partition coefficient (Wildman–Crippen LogP) is 3.34. The molecule has 4 rings (SSSR count). The van der Waals surface area contributed by atoms with Crippen molar-refractivity contribution in [2.45, 2.75) is 26.3 Å². The number of carbonyl (C=O) groups excluding carboxylic acids is 1. The van der Waals surface area contributed by atoms with E-state index in [1.54, 1.807) is 13.2 Å². The summed E-state index contributed by atoms with van der Waals surface area (Å²) in [4.78, 5) is 30.4. The first-order valence-corrected chi connectivity index (χ1v) is 10.7. The molecule has 1 aliphatic heterocycles. The van der Waals surface area contributed by atoms with Crippen molar-refractivity contribution in [3.8, 4) is 5.75 Å². The Balaban J connectivity index is 1.60. The zero-order valence-corrected chi connectivity index (χ0v) is 18.2. The molecule has 3 aromatic rings. The number of fused-ring (bicyclic) bond motifs is 1. The zero-order chi connectivity index (χ0) is 22.0. The first kappa shape index (κ1) is 20.9. The van der Waals surface area contributed by atoms with E-state index in [1.165, 1.54) is 4.68 Å². The Kier molecular flexibility index (Phi) is 5.93. The third-order valence-electron chi connectivity index (χ3n) is 5.74. The summed E-state index contributed by atoms with van der Waals surface area (Å²) in [7, 11) is 1.66. The summed E-state index contributed by atoms with van der Waals surface area (Å²) in [5.74, 6) is 0.704. The molecule has 1 fully saturated rings. The van der Waals surface area contributed by atoms with Gasteiger partial charge >= 0.3 is 0 Å². The molecule has 0 bridgehead atoms. The van der Waals surface area contributed by atoms with Gasteiger partial charge in [0.15, 0.2) is 5.69 Å². The second kappa shape index (κ2) is 8.79. The maximum absolute atomic E-state index is 13.5. The fraction of sp³-hybridized carbons (Fsp3) is 0.375. The molecule has 1 aliphatic rings. The number of methoxy groups -OCH3 is 1. The average Bonchev–Trinajstić information content (AvgIpc) is 3.05. The van der Waals surface area contributed by atoms with Gasteiger partial charge in [0.25, 0.3) is 11.5 Å². The summed E-state index contributed by atoms with van der Waals surface area (Å²) >= 11 is 0. The second-order valence-corrected chi connectivity index (χ2v) is 8.07. The Labute approximate surface area is 181 Å². The van der Waals surface area contributed by atoms with Gasteiger partial charge in [0, 0.05) is 37.3 Å². The third-order valence-corrected chi connectivity index (χ3v) is 5.74. The van der Waals surface area contributed by atoms with Crippen molar-refractivity contribution in [2.75, 3.05) is 38.2 Å². The molecule has 0 N–H and O–H groups in total. The van der Waals surface area contributed by atoms with Crippen LogP contribution in [0.2, 0.25) is 0 Å². The van der Waals surface area contributed by atoms with Gasteiger partial charge in [-0.05, 0) is 50.6 Å². The molecule has 162 valence electrons. The first-order valence-electron chi connectivity index (χ1n) is 10.7. The number of anilines is 1. The van der Waals surface area contributed by atoms with E-state index in [-0.39, 0.29) is 17.5 Å². The van der Waals surface area contributed by atoms with E-state index in [0.717, 1.165) is 30.9 Å². The maximum atomic E-state index is 13.5. The minimum Gasteiger partial charge on any atom is -0.497 e. The molecular weight excluding hydrogens is 392 g/mol. The van der Waals surface area contributed by atoms with Crippen LogP contribution in [0.25, 0.3) is 10.8 Å². The molecule has 0 aliphatic carbocycles. The number of nitrogens with zero attached hydrogens (tertiary/aromatic N) is 4. The van der Waals surface area contributed by atoms with Gasteiger partial charge in [-0.3, -0.25) is 9.59 Å². The molecule has 0 unspecified atom stereocenters. The van der Waals surface area contributed by atoms with Gasteiger partial charge in [-0.15, -0.1) is 0 Å². The van der Waals surface area contributed by atoms with E-state index >= 15 is 0 Å². The number of carbonyl (C=O) groups is 1. The highest BCUT2D eigenvalue weighted by Gasteiger charge is 2.25. The molecule has 2 heterocycles. The Morgan fingerprint density at radius 3 is 2.35 bits per heavy atom. The largest absolute Gasteiger partial charge is 0.497 e. The highest BCUT2D eigenvalue weighted by Crippen LogP contribution is 2.22. The lowest BCUT2D eigenvalue weighted by molar-refractivity contribution is 0.0760. The Morgan fingerprint density at radius 1 is 0.968 bits per heavy atom. The van der Waals surface area contributed by atoms with Crippen molar-refractivity contribution in [1.29, 1.82) is 0 Å². The van der Waals surface area contributed by atoms with Gasteiger partial charge in [0.1, 0.15) is 5.75 Å². The van der Waals surface area contributed by atoms with Crippen LogP contribution in [0.15, 0.2) is 53.3 Å². The molecule has 31 heavy (non-hydrogen) atoms. The van der Waals surface area contributed by atoms with E-state index in [4.69, 9.17) is 4.74 Å². The van der Waals surface area contributed by atoms with Crippen molar-refractivity contribution < 1.29 is 9.53 Å². The number of rotatable bonds is 4. The quantitative estimate of drug-likeness (QED) is 0.648. The highest BCUT2D eigenvalue weighted by atomic mass is 16.5. The third kappa shape index (κ3) is 4.13. The van der Waals surface area contributed by atoms with Gasteiger partial charge in [-0.2, -0.15) is 5.10 Å². The SMILES string of the molecule is COc1ccc(N2CCCN(C(=O)c3nn(C(C)C)c(=O)c4ccccc34)CC2)cc1. The van der Waals surface area contributed by atoms with Crippen LogP contribution in [-0.2, 0) is 0 Å². The van der Waals surface area contributed by atoms with Crippen molar-refractivity contribution in [3.05, 3.63) is 64.6 Å². The van der Waals surface area contributed by atoms with Crippen molar-refractivity contribution >= 4 is 22.4 Å². The summed E-state index contributed by atoms with van der Waals surface area (Å²) in [6, 6.07) is 15.1. The summed E-state index contributed by atoms with van der Waals surface area (Å²) in [6.45, 7) is 6.66. The Bertz CT molecular complexity index is 1140. The van der Waals surface area contributed by atoms with Crippen molar-refractivity contribution in [3.63, 3.8) is 0 Å². The van der Waals surface area contributed by atoms with Gasteiger partial charge in [-0.1, -0.05) is 18.2 Å². The fourth-order valence-corrected chi connectivity index (χ4v) is 4.04. The topological polar surface area (TPSA) is 67.7 Å². The molecule has 0 saturated carbocycles. The molecule has 0 atom stereocenters. The molecule has 0 radical (unpaired) electrons. The predicted molar refractivity (Wildman–Crippen MR) is 122 cm³/mol. The van der Waals surface area contributed by atoms with Crippen LogP contribution in [0.5, 0.6) is 5.75 Å². The van der Waals surface area contributed by atoms with Crippen LogP contribution in [0.3, 0.4) is 0 Å². The smallest absolute Gasteiger partial charge is 0.275 e. The van der Waals surface area contributed by atoms with Gasteiger partial charge in [-0.25, -0.2) is 4.68 Å². The summed E-state index contributed by atoms with van der Waals surface area (Å²) in [5, 5.41) is 5.64. The Morgan fingerprint density at radius 2 is 1.68 bits per heavy atom. The van der Waals surface area contributed by atoms with Crippen LogP contribution < -0.4 is 15.2 Å². The van der Waals surface area contributed by atoms with Gasteiger partial charge in [0.2, 0.25) is 0 Å². The van der Waals surface area contributed by atoms with E-state index in [0.29, 0.717) is 29.6 Å². The van der Waals surface area contributed by atoms with Crippen LogP contribution in [-0.4, -0.2) is 53.9 Å². The lowest BCUT2D eigenvalue weighted by Gasteiger charge is -2.24. The average molecular weight is 421 g/mol. The second-order valence-electron chi connectivity index (χ2n) is 8.07. The first-order chi connectivity index (χ1) is 15.0.